The SMILES string of the molecule is Cc1ccc(N)c(SCc2c(F)cccc2F)c1. The van der Waals surface area contributed by atoms with Crippen LogP contribution in [0, 0.1) is 18.6 Å². The summed E-state index contributed by atoms with van der Waals surface area (Å²) >= 11 is 1.34. The van der Waals surface area contributed by atoms with Gasteiger partial charge in [0.15, 0.2) is 0 Å². The molecule has 2 aromatic rings. The quantitative estimate of drug-likeness (QED) is 0.666. The maximum absolute atomic E-state index is 13.4. The summed E-state index contributed by atoms with van der Waals surface area (Å²) in [6.45, 7) is 1.95. The number of halogens is 2. The minimum absolute atomic E-state index is 0.0865. The second kappa shape index (κ2) is 5.40. The molecule has 0 aliphatic rings. The van der Waals surface area contributed by atoms with E-state index in [0.717, 1.165) is 10.5 Å². The third kappa shape index (κ3) is 2.82. The van der Waals surface area contributed by atoms with E-state index >= 15 is 0 Å². The van der Waals surface area contributed by atoms with E-state index in [4.69, 9.17) is 5.73 Å². The Labute approximate surface area is 109 Å². The Morgan fingerprint density at radius 1 is 1.11 bits per heavy atom. The summed E-state index contributed by atoms with van der Waals surface area (Å²) in [5, 5.41) is 0. The predicted octanol–water partition coefficient (Wildman–Crippen LogP) is 4.15. The third-order valence-corrected chi connectivity index (χ3v) is 3.70. The minimum Gasteiger partial charge on any atom is -0.398 e. The average molecular weight is 265 g/mol. The van der Waals surface area contributed by atoms with Gasteiger partial charge in [-0.1, -0.05) is 12.1 Å². The Bertz CT molecular complexity index is 549. The average Bonchev–Trinajstić information content (AvgIpc) is 2.33. The molecule has 94 valence electrons. The molecule has 0 unspecified atom stereocenters. The summed E-state index contributed by atoms with van der Waals surface area (Å²) in [6.07, 6.45) is 0. The second-order valence-electron chi connectivity index (χ2n) is 4.03. The molecule has 0 radical (unpaired) electrons. The number of nitrogens with two attached hydrogens (primary N) is 1. The van der Waals surface area contributed by atoms with Crippen LogP contribution in [0.25, 0.3) is 0 Å². The predicted molar refractivity (Wildman–Crippen MR) is 71.5 cm³/mol. The first kappa shape index (κ1) is 12.9. The van der Waals surface area contributed by atoms with Crippen molar-refractivity contribution in [1.82, 2.24) is 0 Å². The lowest BCUT2D eigenvalue weighted by atomic mass is 10.2. The third-order valence-electron chi connectivity index (χ3n) is 2.60. The van der Waals surface area contributed by atoms with E-state index in [9.17, 15) is 8.78 Å². The molecule has 18 heavy (non-hydrogen) atoms. The zero-order valence-electron chi connectivity index (χ0n) is 9.91. The molecular formula is C14H13F2NS. The largest absolute Gasteiger partial charge is 0.398 e. The first-order valence-corrected chi connectivity index (χ1v) is 6.48. The molecule has 0 aliphatic heterocycles. The zero-order valence-corrected chi connectivity index (χ0v) is 10.7. The van der Waals surface area contributed by atoms with Crippen LogP contribution in [0.15, 0.2) is 41.3 Å². The number of hydrogen-bond acceptors (Lipinski definition) is 2. The smallest absolute Gasteiger partial charge is 0.130 e. The molecule has 2 N–H and O–H groups in total. The van der Waals surface area contributed by atoms with Gasteiger partial charge in [0, 0.05) is 21.9 Å². The lowest BCUT2D eigenvalue weighted by Gasteiger charge is -2.08. The van der Waals surface area contributed by atoms with Crippen molar-refractivity contribution in [1.29, 1.82) is 0 Å². The lowest BCUT2D eigenvalue weighted by molar-refractivity contribution is 0.566. The summed E-state index contributed by atoms with van der Waals surface area (Å²) in [4.78, 5) is 0.845. The molecule has 4 heteroatoms. The van der Waals surface area contributed by atoms with Crippen LogP contribution in [0.3, 0.4) is 0 Å². The van der Waals surface area contributed by atoms with Gasteiger partial charge in [-0.05, 0) is 36.8 Å². The Morgan fingerprint density at radius 2 is 1.78 bits per heavy atom. The molecule has 0 aliphatic carbocycles. The van der Waals surface area contributed by atoms with Gasteiger partial charge < -0.3 is 5.73 Å². The van der Waals surface area contributed by atoms with Crippen LogP contribution < -0.4 is 5.73 Å². The van der Waals surface area contributed by atoms with Crippen LogP contribution in [0.1, 0.15) is 11.1 Å². The van der Waals surface area contributed by atoms with E-state index in [1.807, 2.05) is 19.1 Å². The van der Waals surface area contributed by atoms with Crippen molar-refractivity contribution >= 4 is 17.4 Å². The molecule has 0 saturated carbocycles. The van der Waals surface area contributed by atoms with Crippen LogP contribution in [0.2, 0.25) is 0 Å². The fourth-order valence-corrected chi connectivity index (χ4v) is 2.67. The molecule has 1 nitrogen and oxygen atoms in total. The van der Waals surface area contributed by atoms with Crippen molar-refractivity contribution < 1.29 is 8.78 Å². The first-order chi connectivity index (χ1) is 8.58. The lowest BCUT2D eigenvalue weighted by Crippen LogP contribution is -1.94. The summed E-state index contributed by atoms with van der Waals surface area (Å²) < 4.78 is 26.9. The molecule has 0 amide bonds. The Morgan fingerprint density at radius 3 is 2.44 bits per heavy atom. The van der Waals surface area contributed by atoms with E-state index in [1.54, 1.807) is 6.07 Å². The van der Waals surface area contributed by atoms with Gasteiger partial charge in [0.25, 0.3) is 0 Å². The Hall–Kier alpha value is -1.55. The van der Waals surface area contributed by atoms with Crippen molar-refractivity contribution in [3.63, 3.8) is 0 Å². The molecule has 0 heterocycles. The zero-order chi connectivity index (χ0) is 13.1. The van der Waals surface area contributed by atoms with Crippen LogP contribution in [0.5, 0.6) is 0 Å². The standard InChI is InChI=1S/C14H13F2NS/c1-9-5-6-13(17)14(7-9)18-8-10-11(15)3-2-4-12(10)16/h2-7H,8,17H2,1H3. The molecule has 0 saturated heterocycles. The molecule has 0 bridgehead atoms. The van der Waals surface area contributed by atoms with Crippen LogP contribution in [-0.4, -0.2) is 0 Å². The molecule has 2 rings (SSSR count). The Balaban J connectivity index is 2.19. The first-order valence-electron chi connectivity index (χ1n) is 5.50. The van der Waals surface area contributed by atoms with Crippen molar-refractivity contribution in [3.8, 4) is 0 Å². The van der Waals surface area contributed by atoms with Gasteiger partial charge in [-0.15, -0.1) is 11.8 Å². The van der Waals surface area contributed by atoms with Crippen molar-refractivity contribution in [2.24, 2.45) is 0 Å². The number of benzene rings is 2. The van der Waals surface area contributed by atoms with E-state index in [-0.39, 0.29) is 11.3 Å². The number of anilines is 1. The molecule has 0 atom stereocenters. The number of thioether (sulfide) groups is 1. The fourth-order valence-electron chi connectivity index (χ4n) is 1.59. The maximum Gasteiger partial charge on any atom is 0.130 e. The number of nitrogen functional groups attached to an aromatic ring is 1. The highest BCUT2D eigenvalue weighted by Gasteiger charge is 2.09. The van der Waals surface area contributed by atoms with Gasteiger partial charge in [-0.2, -0.15) is 0 Å². The second-order valence-corrected chi connectivity index (χ2v) is 5.05. The minimum atomic E-state index is -0.520. The summed E-state index contributed by atoms with van der Waals surface area (Å²) in [5.41, 5.74) is 7.61. The monoisotopic (exact) mass is 265 g/mol. The van der Waals surface area contributed by atoms with Gasteiger partial charge in [-0.25, -0.2) is 8.78 Å². The maximum atomic E-state index is 13.4. The van der Waals surface area contributed by atoms with Gasteiger partial charge in [0.1, 0.15) is 11.6 Å². The molecule has 0 fully saturated rings. The summed E-state index contributed by atoms with van der Waals surface area (Å²) in [6, 6.07) is 9.51. The van der Waals surface area contributed by atoms with Crippen LogP contribution in [-0.2, 0) is 5.75 Å². The van der Waals surface area contributed by atoms with Gasteiger partial charge >= 0.3 is 0 Å². The molecule has 0 aromatic heterocycles. The number of hydrogen-bond donors (Lipinski definition) is 1. The van der Waals surface area contributed by atoms with Gasteiger partial charge in [-0.3, -0.25) is 0 Å². The van der Waals surface area contributed by atoms with Crippen LogP contribution >= 0.6 is 11.8 Å². The van der Waals surface area contributed by atoms with E-state index in [0.29, 0.717) is 5.69 Å². The summed E-state index contributed by atoms with van der Waals surface area (Å²) in [5.74, 6) is -0.811. The van der Waals surface area contributed by atoms with E-state index in [1.165, 1.54) is 30.0 Å². The fraction of sp³-hybridized carbons (Fsp3) is 0.143. The Kier molecular flexibility index (Phi) is 3.87. The van der Waals surface area contributed by atoms with Crippen LogP contribution in [0.4, 0.5) is 14.5 Å². The van der Waals surface area contributed by atoms with E-state index < -0.39 is 11.6 Å². The van der Waals surface area contributed by atoms with Crippen molar-refractivity contribution in [2.45, 2.75) is 17.6 Å². The molecule has 0 spiro atoms. The highest BCUT2D eigenvalue weighted by molar-refractivity contribution is 7.98. The van der Waals surface area contributed by atoms with Crippen molar-refractivity contribution in [2.75, 3.05) is 5.73 Å². The highest BCUT2D eigenvalue weighted by atomic mass is 32.2. The van der Waals surface area contributed by atoms with Gasteiger partial charge in [0.05, 0.1) is 0 Å². The molecule has 2 aromatic carbocycles. The van der Waals surface area contributed by atoms with E-state index in [2.05, 4.69) is 0 Å². The normalized spacial score (nSPS) is 10.6. The highest BCUT2D eigenvalue weighted by Crippen LogP contribution is 2.30. The molecular weight excluding hydrogens is 252 g/mol. The number of aryl methyl sites for hydroxylation is 1. The number of rotatable bonds is 3. The van der Waals surface area contributed by atoms with Crippen molar-refractivity contribution in [3.05, 3.63) is 59.2 Å². The summed E-state index contributed by atoms with van der Waals surface area (Å²) in [7, 11) is 0. The van der Waals surface area contributed by atoms with Gasteiger partial charge in [0.2, 0.25) is 0 Å². The topological polar surface area (TPSA) is 26.0 Å².